The first-order chi connectivity index (χ1) is 27.1. The van der Waals surface area contributed by atoms with Crippen LogP contribution in [-0.4, -0.2) is 136 Å². The number of ether oxygens (including phenoxy) is 3. The van der Waals surface area contributed by atoms with E-state index in [1.807, 2.05) is 20.0 Å². The average Bonchev–Trinajstić information content (AvgIpc) is 3.19. The number of hydrogen-bond donors (Lipinski definition) is 4. The van der Waals surface area contributed by atoms with Gasteiger partial charge in [-0.05, 0) is 67.8 Å². The zero-order valence-electron chi connectivity index (χ0n) is 32.9. The summed E-state index contributed by atoms with van der Waals surface area (Å²) in [4.78, 5) is 64.1. The van der Waals surface area contributed by atoms with Crippen LogP contribution in [0.25, 0.3) is 0 Å². The van der Waals surface area contributed by atoms with Gasteiger partial charge in [0.15, 0.2) is 12.4 Å². The number of benzene rings is 1. The molecule has 0 bridgehead atoms. The van der Waals surface area contributed by atoms with E-state index in [2.05, 4.69) is 31.4 Å². The zero-order valence-corrected chi connectivity index (χ0v) is 32.9. The number of carbonyl (C=O) groups is 4. The number of carbonyl (C=O) groups excluding carboxylic acids is 4. The molecule has 4 N–H and O–H groups in total. The van der Waals surface area contributed by atoms with Crippen molar-refractivity contribution in [3.63, 3.8) is 0 Å². The third-order valence-corrected chi connectivity index (χ3v) is 8.72. The van der Waals surface area contributed by atoms with Crippen molar-refractivity contribution >= 4 is 35.0 Å². The minimum atomic E-state index is -0.804. The fourth-order valence-electron chi connectivity index (χ4n) is 5.57. The van der Waals surface area contributed by atoms with Crippen molar-refractivity contribution in [1.29, 1.82) is 0 Å². The lowest BCUT2D eigenvalue weighted by molar-refractivity contribution is -0.684. The second-order valence-electron chi connectivity index (χ2n) is 13.4. The summed E-state index contributed by atoms with van der Waals surface area (Å²) in [6.45, 7) is 11.2. The largest absolute Gasteiger partial charge is 0.379 e. The Morgan fingerprint density at radius 1 is 0.946 bits per heavy atom. The second kappa shape index (κ2) is 23.8. The van der Waals surface area contributed by atoms with Crippen LogP contribution in [0.2, 0.25) is 0 Å². The molecular formula is C39H56N9O8+. The molecular weight excluding hydrogens is 722 g/mol. The number of rotatable bonds is 22. The average molecular weight is 779 g/mol. The van der Waals surface area contributed by atoms with Crippen molar-refractivity contribution in [2.75, 3.05) is 104 Å². The van der Waals surface area contributed by atoms with E-state index in [1.165, 1.54) is 0 Å². The first kappa shape index (κ1) is 43.7. The number of nitrogens with one attached hydrogen (secondary N) is 4. The molecule has 1 aliphatic rings. The molecule has 0 aliphatic carbocycles. The lowest BCUT2D eigenvalue weighted by atomic mass is 10.2. The van der Waals surface area contributed by atoms with Gasteiger partial charge in [-0.2, -0.15) is 9.63 Å². The number of aryl methyl sites for hydroxylation is 2. The molecule has 1 fully saturated rings. The summed E-state index contributed by atoms with van der Waals surface area (Å²) >= 11 is 0. The maximum atomic E-state index is 13.1. The Kier molecular flexibility index (Phi) is 18.6. The number of aromatic nitrogens is 2. The SMILES string of the molecule is Cc1cncc(CON(C)CCOCCOCCN(C)C(=O)c2ccc[n+](CC(=O)Nc3ccc(NNC(=O)C(=O)NCCCN4CCOCC4)c(C)c3)c2)c1. The maximum absolute atomic E-state index is 13.1. The summed E-state index contributed by atoms with van der Waals surface area (Å²) in [6, 6.07) is 10.6. The van der Waals surface area contributed by atoms with E-state index >= 15 is 0 Å². The second-order valence-corrected chi connectivity index (χ2v) is 13.4. The van der Waals surface area contributed by atoms with Crippen LogP contribution in [0.5, 0.6) is 0 Å². The van der Waals surface area contributed by atoms with Gasteiger partial charge in [-0.25, -0.2) is 0 Å². The standard InChI is InChI=1S/C39H55N9O8/c1-30-23-32(26-40-25-30)29-56-46(4)14-18-55-22-21-54-17-13-45(3)39(52)33-7-5-11-48(27-33)28-36(49)42-34-8-9-35(31(2)24-34)43-44-38(51)37(50)41-10-6-12-47-15-19-53-20-16-47/h5,7-9,11,23-27H,6,10,12-22,28-29H2,1-4H3,(H3-,41,42,43,44,49,50,51)/p+1. The number of amides is 4. The van der Waals surface area contributed by atoms with Crippen LogP contribution in [0.1, 0.15) is 33.5 Å². The van der Waals surface area contributed by atoms with Crippen molar-refractivity contribution in [3.05, 3.63) is 83.4 Å². The van der Waals surface area contributed by atoms with Crippen molar-refractivity contribution in [1.82, 2.24) is 30.6 Å². The smallest absolute Gasteiger partial charge is 0.327 e. The number of nitrogens with zero attached hydrogens (tertiary/aromatic N) is 5. The van der Waals surface area contributed by atoms with E-state index in [4.69, 9.17) is 19.0 Å². The number of hydrogen-bond acceptors (Lipinski definition) is 12. The lowest BCUT2D eigenvalue weighted by Gasteiger charge is -2.26. The summed E-state index contributed by atoms with van der Waals surface area (Å²) in [6.07, 6.45) is 7.67. The molecule has 17 heteroatoms. The Balaban J connectivity index is 1.08. The molecule has 3 heterocycles. The predicted molar refractivity (Wildman–Crippen MR) is 208 cm³/mol. The molecule has 0 saturated carbocycles. The highest BCUT2D eigenvalue weighted by Crippen LogP contribution is 2.19. The molecule has 0 radical (unpaired) electrons. The monoisotopic (exact) mass is 778 g/mol. The highest BCUT2D eigenvalue weighted by atomic mass is 16.7. The van der Waals surface area contributed by atoms with E-state index < -0.39 is 11.8 Å². The van der Waals surface area contributed by atoms with Crippen molar-refractivity contribution < 1.29 is 42.8 Å². The Labute approximate surface area is 328 Å². The molecule has 304 valence electrons. The molecule has 4 amide bonds. The van der Waals surface area contributed by atoms with Crippen LogP contribution in [-0.2, 0) is 46.6 Å². The van der Waals surface area contributed by atoms with Crippen molar-refractivity contribution in [2.45, 2.75) is 33.4 Å². The Hall–Kier alpha value is -5.04. The van der Waals surface area contributed by atoms with Gasteiger partial charge in [0.05, 0.1) is 51.9 Å². The third kappa shape index (κ3) is 16.0. The zero-order chi connectivity index (χ0) is 40.1. The van der Waals surface area contributed by atoms with E-state index in [-0.39, 0.29) is 18.4 Å². The fourth-order valence-corrected chi connectivity index (χ4v) is 5.57. The van der Waals surface area contributed by atoms with Gasteiger partial charge >= 0.3 is 11.8 Å². The molecule has 4 rings (SSSR count). The summed E-state index contributed by atoms with van der Waals surface area (Å²) in [5.74, 6) is -2.02. The number of hydroxylamine groups is 2. The highest BCUT2D eigenvalue weighted by Gasteiger charge is 2.18. The topological polar surface area (TPSA) is 180 Å². The van der Waals surface area contributed by atoms with Crippen LogP contribution in [0.3, 0.4) is 0 Å². The van der Waals surface area contributed by atoms with Crippen LogP contribution < -0.4 is 26.1 Å². The maximum Gasteiger partial charge on any atom is 0.327 e. The number of hydrazine groups is 1. The molecule has 1 aliphatic heterocycles. The summed E-state index contributed by atoms with van der Waals surface area (Å²) < 4.78 is 18.3. The fraction of sp³-hybridized carbons (Fsp3) is 0.487. The highest BCUT2D eigenvalue weighted by molar-refractivity contribution is 6.35. The molecule has 3 aromatic rings. The van der Waals surface area contributed by atoms with Gasteiger partial charge < -0.3 is 29.7 Å². The minimum Gasteiger partial charge on any atom is -0.379 e. The molecule has 0 unspecified atom stereocenters. The number of likely N-dealkylation sites (N-methyl/N-ethyl adjacent to an activating group) is 2. The third-order valence-electron chi connectivity index (χ3n) is 8.72. The van der Waals surface area contributed by atoms with Crippen molar-refractivity contribution in [3.8, 4) is 0 Å². The molecule has 2 aromatic heterocycles. The van der Waals surface area contributed by atoms with Gasteiger partial charge in [-0.15, -0.1) is 0 Å². The van der Waals surface area contributed by atoms with Gasteiger partial charge in [0.1, 0.15) is 5.56 Å². The van der Waals surface area contributed by atoms with Crippen LogP contribution in [0.4, 0.5) is 11.4 Å². The summed E-state index contributed by atoms with van der Waals surface area (Å²) in [7, 11) is 3.55. The molecule has 1 saturated heterocycles. The molecule has 0 spiro atoms. The van der Waals surface area contributed by atoms with E-state index in [0.717, 1.165) is 42.7 Å². The van der Waals surface area contributed by atoms with E-state index in [0.29, 0.717) is 82.8 Å². The van der Waals surface area contributed by atoms with Crippen LogP contribution >= 0.6 is 0 Å². The number of pyridine rings is 2. The quantitative estimate of drug-likeness (QED) is 0.0495. The first-order valence-electron chi connectivity index (χ1n) is 18.8. The van der Waals surface area contributed by atoms with Crippen molar-refractivity contribution in [2.24, 2.45) is 0 Å². The van der Waals surface area contributed by atoms with E-state index in [1.54, 1.807) is 83.6 Å². The Bertz CT molecular complexity index is 1720. The first-order valence-corrected chi connectivity index (χ1v) is 18.8. The number of anilines is 2. The Morgan fingerprint density at radius 2 is 1.71 bits per heavy atom. The molecule has 17 nitrogen and oxygen atoms in total. The van der Waals surface area contributed by atoms with Crippen LogP contribution in [0, 0.1) is 13.8 Å². The Morgan fingerprint density at radius 3 is 2.46 bits per heavy atom. The van der Waals surface area contributed by atoms with Gasteiger partial charge in [-0.1, -0.05) is 6.07 Å². The summed E-state index contributed by atoms with van der Waals surface area (Å²) in [5.41, 5.74) is 9.56. The molecule has 0 atom stereocenters. The van der Waals surface area contributed by atoms with Gasteiger partial charge in [0.25, 0.3) is 11.8 Å². The van der Waals surface area contributed by atoms with Gasteiger partial charge in [0.2, 0.25) is 6.54 Å². The summed E-state index contributed by atoms with van der Waals surface area (Å²) in [5, 5.41) is 7.22. The van der Waals surface area contributed by atoms with Crippen LogP contribution in [0.15, 0.2) is 61.2 Å². The number of morpholine rings is 1. The lowest BCUT2D eigenvalue weighted by Crippen LogP contribution is -2.43. The van der Waals surface area contributed by atoms with Gasteiger partial charge in [0, 0.05) is 71.0 Å². The minimum absolute atomic E-state index is 0.0171. The normalized spacial score (nSPS) is 12.9. The van der Waals surface area contributed by atoms with Gasteiger partial charge in [-0.3, -0.25) is 44.8 Å². The van der Waals surface area contributed by atoms with E-state index in [9.17, 15) is 19.2 Å². The molecule has 56 heavy (non-hydrogen) atoms. The predicted octanol–water partition coefficient (Wildman–Crippen LogP) is 1.08. The molecule has 1 aromatic carbocycles.